The van der Waals surface area contributed by atoms with Crippen LogP contribution in [0.15, 0.2) is 48.5 Å². The Morgan fingerprint density at radius 3 is 2.80 bits per heavy atom. The highest BCUT2D eigenvalue weighted by Crippen LogP contribution is 2.38. The monoisotopic (exact) mass is 286 g/mol. The molecule has 1 aliphatic rings. The fraction of sp³-hybridized carbons (Fsp3) is 0.294. The predicted molar refractivity (Wildman–Crippen MR) is 83.8 cm³/mol. The number of fused-ring (bicyclic) bond motifs is 1. The van der Waals surface area contributed by atoms with Crippen LogP contribution in [0.3, 0.4) is 0 Å². The van der Waals surface area contributed by atoms with E-state index < -0.39 is 0 Å². The van der Waals surface area contributed by atoms with Crippen LogP contribution in [0.5, 0.6) is 0 Å². The molecule has 0 bridgehead atoms. The van der Waals surface area contributed by atoms with Gasteiger partial charge in [0.15, 0.2) is 0 Å². The lowest BCUT2D eigenvalue weighted by Gasteiger charge is -2.33. The van der Waals surface area contributed by atoms with Crippen molar-refractivity contribution in [1.29, 1.82) is 0 Å². The van der Waals surface area contributed by atoms with E-state index in [-0.39, 0.29) is 6.04 Å². The smallest absolute Gasteiger partial charge is 0.0408 e. The van der Waals surface area contributed by atoms with Gasteiger partial charge in [0.25, 0.3) is 0 Å². The van der Waals surface area contributed by atoms with Gasteiger partial charge in [-0.25, -0.2) is 0 Å². The third kappa shape index (κ3) is 2.88. The highest BCUT2D eigenvalue weighted by molar-refractivity contribution is 6.30. The number of nitrogens with one attached hydrogen (secondary N) is 1. The van der Waals surface area contributed by atoms with Gasteiger partial charge in [-0.1, -0.05) is 48.0 Å². The second-order valence-electron chi connectivity index (χ2n) is 5.53. The molecule has 20 heavy (non-hydrogen) atoms. The summed E-state index contributed by atoms with van der Waals surface area (Å²) in [6.45, 7) is 0. The molecule has 2 aromatic rings. The molecule has 0 aliphatic heterocycles. The number of halogens is 1. The Hall–Kier alpha value is -1.35. The molecule has 0 amide bonds. The minimum absolute atomic E-state index is 0.284. The van der Waals surface area contributed by atoms with Gasteiger partial charge in [0, 0.05) is 11.1 Å². The standard InChI is InChI=1S/C17H19ClN2/c18-15-6-3-4-12(8-15)9-16(20-19)11-14-10-13-5-1-2-7-17(13)14/h1-8,14,16,20H,9-11,19H2. The molecule has 3 rings (SSSR count). The van der Waals surface area contributed by atoms with Crippen molar-refractivity contribution in [2.75, 3.05) is 0 Å². The second-order valence-corrected chi connectivity index (χ2v) is 5.97. The normalized spacial score (nSPS) is 18.2. The molecule has 0 heterocycles. The third-order valence-electron chi connectivity index (χ3n) is 4.14. The van der Waals surface area contributed by atoms with Gasteiger partial charge in [-0.05, 0) is 54.0 Å². The van der Waals surface area contributed by atoms with Crippen LogP contribution in [0, 0.1) is 0 Å². The lowest BCUT2D eigenvalue weighted by molar-refractivity contribution is 0.422. The molecule has 1 aliphatic carbocycles. The van der Waals surface area contributed by atoms with Gasteiger partial charge in [-0.15, -0.1) is 0 Å². The van der Waals surface area contributed by atoms with E-state index in [0.29, 0.717) is 5.92 Å². The summed E-state index contributed by atoms with van der Waals surface area (Å²) in [5.74, 6) is 6.35. The summed E-state index contributed by atoms with van der Waals surface area (Å²) in [7, 11) is 0. The fourth-order valence-electron chi connectivity index (χ4n) is 3.08. The SMILES string of the molecule is NNC(Cc1cccc(Cl)c1)CC1Cc2ccccc21. The quantitative estimate of drug-likeness (QED) is 0.653. The minimum atomic E-state index is 0.284. The van der Waals surface area contributed by atoms with Crippen molar-refractivity contribution >= 4 is 11.6 Å². The molecule has 0 radical (unpaired) electrons. The van der Waals surface area contributed by atoms with E-state index in [1.165, 1.54) is 23.1 Å². The van der Waals surface area contributed by atoms with Crippen molar-refractivity contribution < 1.29 is 0 Å². The molecule has 0 aromatic heterocycles. The third-order valence-corrected chi connectivity index (χ3v) is 4.37. The van der Waals surface area contributed by atoms with Crippen molar-refractivity contribution in [1.82, 2.24) is 5.43 Å². The maximum absolute atomic E-state index is 6.03. The van der Waals surface area contributed by atoms with Gasteiger partial charge in [0.2, 0.25) is 0 Å². The zero-order chi connectivity index (χ0) is 13.9. The van der Waals surface area contributed by atoms with E-state index >= 15 is 0 Å². The van der Waals surface area contributed by atoms with Crippen LogP contribution >= 0.6 is 11.6 Å². The fourth-order valence-corrected chi connectivity index (χ4v) is 3.29. The zero-order valence-corrected chi connectivity index (χ0v) is 12.1. The van der Waals surface area contributed by atoms with Crippen molar-refractivity contribution in [2.45, 2.75) is 31.2 Å². The molecule has 2 nitrogen and oxygen atoms in total. The molecule has 3 heteroatoms. The summed E-state index contributed by atoms with van der Waals surface area (Å²) < 4.78 is 0. The highest BCUT2D eigenvalue weighted by atomic mass is 35.5. The number of hydrogen-bond acceptors (Lipinski definition) is 2. The Morgan fingerprint density at radius 2 is 2.05 bits per heavy atom. The first kappa shape index (κ1) is 13.6. The molecule has 2 aromatic carbocycles. The first-order chi connectivity index (χ1) is 9.76. The maximum atomic E-state index is 6.03. The van der Waals surface area contributed by atoms with Crippen molar-refractivity contribution in [3.63, 3.8) is 0 Å². The highest BCUT2D eigenvalue weighted by Gasteiger charge is 2.27. The lowest BCUT2D eigenvalue weighted by Crippen LogP contribution is -2.39. The first-order valence-corrected chi connectivity index (χ1v) is 7.42. The van der Waals surface area contributed by atoms with E-state index in [0.717, 1.165) is 17.9 Å². The largest absolute Gasteiger partial charge is 0.271 e. The number of rotatable bonds is 5. The van der Waals surface area contributed by atoms with Gasteiger partial charge < -0.3 is 0 Å². The summed E-state index contributed by atoms with van der Waals surface area (Å²) in [4.78, 5) is 0. The molecule has 0 fully saturated rings. The molecule has 0 saturated carbocycles. The summed E-state index contributed by atoms with van der Waals surface area (Å²) in [6, 6.07) is 17.0. The van der Waals surface area contributed by atoms with Gasteiger partial charge in [-0.3, -0.25) is 11.3 Å². The van der Waals surface area contributed by atoms with E-state index in [9.17, 15) is 0 Å². The minimum Gasteiger partial charge on any atom is -0.271 e. The Morgan fingerprint density at radius 1 is 1.20 bits per heavy atom. The topological polar surface area (TPSA) is 38.0 Å². The molecular formula is C17H19ClN2. The van der Waals surface area contributed by atoms with E-state index in [1.807, 2.05) is 18.2 Å². The summed E-state index contributed by atoms with van der Waals surface area (Å²) in [5.41, 5.74) is 7.15. The van der Waals surface area contributed by atoms with E-state index in [1.54, 1.807) is 0 Å². The number of benzene rings is 2. The Labute approximate surface area is 124 Å². The van der Waals surface area contributed by atoms with Crippen LogP contribution in [0.2, 0.25) is 5.02 Å². The predicted octanol–water partition coefficient (Wildman–Crippen LogP) is 3.44. The first-order valence-electron chi connectivity index (χ1n) is 7.04. The molecule has 104 valence electrons. The molecule has 3 N–H and O–H groups in total. The summed E-state index contributed by atoms with van der Waals surface area (Å²) in [5, 5.41) is 0.785. The number of nitrogens with two attached hydrogens (primary N) is 1. The molecule has 2 atom stereocenters. The lowest BCUT2D eigenvalue weighted by atomic mass is 9.74. The maximum Gasteiger partial charge on any atom is 0.0408 e. The van der Waals surface area contributed by atoms with Gasteiger partial charge in [0.05, 0.1) is 0 Å². The van der Waals surface area contributed by atoms with Crippen LogP contribution in [0.4, 0.5) is 0 Å². The Bertz CT molecular complexity index is 597. The van der Waals surface area contributed by atoms with Crippen LogP contribution < -0.4 is 11.3 Å². The van der Waals surface area contributed by atoms with Crippen molar-refractivity contribution in [3.8, 4) is 0 Å². The summed E-state index contributed by atoms with van der Waals surface area (Å²) in [6.07, 6.45) is 3.15. The Kier molecular flexibility index (Phi) is 4.06. The van der Waals surface area contributed by atoms with E-state index in [4.69, 9.17) is 17.4 Å². The van der Waals surface area contributed by atoms with Crippen LogP contribution in [-0.2, 0) is 12.8 Å². The average molecular weight is 287 g/mol. The van der Waals surface area contributed by atoms with Crippen LogP contribution in [0.1, 0.15) is 29.0 Å². The molecular weight excluding hydrogens is 268 g/mol. The summed E-state index contributed by atoms with van der Waals surface area (Å²) >= 11 is 6.03. The zero-order valence-electron chi connectivity index (χ0n) is 11.4. The van der Waals surface area contributed by atoms with Gasteiger partial charge >= 0.3 is 0 Å². The van der Waals surface area contributed by atoms with Crippen LogP contribution in [-0.4, -0.2) is 6.04 Å². The van der Waals surface area contributed by atoms with E-state index in [2.05, 4.69) is 35.8 Å². The van der Waals surface area contributed by atoms with Gasteiger partial charge in [-0.2, -0.15) is 0 Å². The molecule has 2 unspecified atom stereocenters. The Balaban J connectivity index is 1.64. The van der Waals surface area contributed by atoms with Crippen molar-refractivity contribution in [3.05, 3.63) is 70.2 Å². The van der Waals surface area contributed by atoms with Gasteiger partial charge in [0.1, 0.15) is 0 Å². The van der Waals surface area contributed by atoms with Crippen molar-refractivity contribution in [2.24, 2.45) is 5.84 Å². The molecule has 0 saturated heterocycles. The van der Waals surface area contributed by atoms with Crippen LogP contribution in [0.25, 0.3) is 0 Å². The molecule has 0 spiro atoms. The number of hydrogen-bond donors (Lipinski definition) is 2. The number of hydrazine groups is 1. The second kappa shape index (κ2) is 5.96. The average Bonchev–Trinajstić information content (AvgIpc) is 2.43.